The predicted molar refractivity (Wildman–Crippen MR) is 133 cm³/mol. The van der Waals surface area contributed by atoms with Crippen LogP contribution < -0.4 is 0 Å². The number of halogens is 6. The number of carbonyl (C=O) groups is 2. The lowest BCUT2D eigenvalue weighted by Gasteiger charge is -2.29. The third kappa shape index (κ3) is 8.11. The van der Waals surface area contributed by atoms with E-state index < -0.39 is 47.4 Å². The van der Waals surface area contributed by atoms with Crippen LogP contribution in [-0.2, 0) is 37.3 Å². The number of hydrogen-bond donors (Lipinski definition) is 0. The summed E-state index contributed by atoms with van der Waals surface area (Å²) >= 11 is 0. The molecule has 0 saturated carbocycles. The minimum atomic E-state index is -5.10. The fraction of sp³-hybridized carbons (Fsp3) is 0.357. The normalized spacial score (nSPS) is 12.1. The largest absolute Gasteiger partial charge is 0.416 e. The highest BCUT2D eigenvalue weighted by Gasteiger charge is 2.38. The Hall–Kier alpha value is -3.76. The molecule has 0 aliphatic carbocycles. The van der Waals surface area contributed by atoms with Crippen molar-refractivity contribution in [2.75, 3.05) is 13.1 Å². The maximum absolute atomic E-state index is 13.5. The third-order valence-electron chi connectivity index (χ3n) is 6.01. The Morgan fingerprint density at radius 3 is 1.90 bits per heavy atom. The number of aromatic nitrogens is 1. The zero-order valence-corrected chi connectivity index (χ0v) is 21.7. The first-order chi connectivity index (χ1) is 18.1. The van der Waals surface area contributed by atoms with Gasteiger partial charge in [0.05, 0.1) is 17.7 Å². The van der Waals surface area contributed by atoms with Crippen molar-refractivity contribution in [3.8, 4) is 0 Å². The van der Waals surface area contributed by atoms with Crippen molar-refractivity contribution in [2.45, 2.75) is 39.3 Å². The molecule has 3 aromatic rings. The zero-order chi connectivity index (χ0) is 29.0. The first kappa shape index (κ1) is 29.8. The summed E-state index contributed by atoms with van der Waals surface area (Å²) in [5, 5.41) is 0. The number of aryl methyl sites for hydroxylation is 1. The molecule has 0 radical (unpaired) electrons. The lowest BCUT2D eigenvalue weighted by Crippen LogP contribution is -2.44. The van der Waals surface area contributed by atoms with E-state index in [9.17, 15) is 35.9 Å². The molecule has 0 N–H and O–H groups in total. The number of hydrogen-bond acceptors (Lipinski definition) is 2. The zero-order valence-electron chi connectivity index (χ0n) is 21.7. The Morgan fingerprint density at radius 1 is 0.821 bits per heavy atom. The topological polar surface area (TPSA) is 45.6 Å². The van der Waals surface area contributed by atoms with Crippen LogP contribution in [0.2, 0.25) is 0 Å². The molecule has 0 spiro atoms. The number of benzene rings is 2. The Kier molecular flexibility index (Phi) is 9.14. The number of nitrogens with zero attached hydrogens (tertiary/aromatic N) is 3. The van der Waals surface area contributed by atoms with Crippen LogP contribution >= 0.6 is 0 Å². The molecule has 0 saturated heterocycles. The van der Waals surface area contributed by atoms with Crippen molar-refractivity contribution >= 4 is 11.8 Å². The second-order valence-corrected chi connectivity index (χ2v) is 9.72. The average Bonchev–Trinajstić information content (AvgIpc) is 3.25. The minimum absolute atomic E-state index is 0.0316. The molecule has 1 heterocycles. The first-order valence-corrected chi connectivity index (χ1v) is 12.2. The molecular weight excluding hydrogens is 524 g/mol. The summed E-state index contributed by atoms with van der Waals surface area (Å²) in [6.45, 7) is 3.25. The summed E-state index contributed by atoms with van der Waals surface area (Å²) in [4.78, 5) is 29.4. The van der Waals surface area contributed by atoms with Gasteiger partial charge in [-0.1, -0.05) is 44.2 Å². The Balaban J connectivity index is 1.95. The Bertz CT molecular complexity index is 1250. The molecule has 3 rings (SSSR count). The average molecular weight is 554 g/mol. The Labute approximate surface area is 222 Å². The van der Waals surface area contributed by atoms with Crippen molar-refractivity contribution < 1.29 is 35.9 Å². The summed E-state index contributed by atoms with van der Waals surface area (Å²) in [6.07, 6.45) is -8.39. The molecular formula is C28H29F6N3O2. The van der Waals surface area contributed by atoms with Crippen LogP contribution in [0.1, 0.15) is 46.6 Å². The summed E-state index contributed by atoms with van der Waals surface area (Å²) in [5.41, 5.74) is -2.36. The van der Waals surface area contributed by atoms with E-state index in [2.05, 4.69) is 0 Å². The number of carbonyl (C=O) groups excluding carboxylic acids is 2. The molecule has 0 atom stereocenters. The first-order valence-electron chi connectivity index (χ1n) is 12.2. The summed E-state index contributed by atoms with van der Waals surface area (Å²) in [5.74, 6) is -1.81. The van der Waals surface area contributed by atoms with Gasteiger partial charge in [-0.3, -0.25) is 9.59 Å². The minimum Gasteiger partial charge on any atom is -0.353 e. The quantitative estimate of drug-likeness (QED) is 0.289. The molecule has 0 aliphatic rings. The second kappa shape index (κ2) is 12.0. The van der Waals surface area contributed by atoms with Crippen LogP contribution in [-0.4, -0.2) is 39.3 Å². The van der Waals surface area contributed by atoms with Gasteiger partial charge in [0.15, 0.2) is 0 Å². The lowest BCUT2D eigenvalue weighted by molar-refractivity contribution is -0.143. The predicted octanol–water partition coefficient (Wildman–Crippen LogP) is 6.39. The highest BCUT2D eigenvalue weighted by atomic mass is 19.4. The lowest BCUT2D eigenvalue weighted by atomic mass is 10.0. The van der Waals surface area contributed by atoms with Crippen LogP contribution in [0.3, 0.4) is 0 Å². The molecule has 1 aromatic heterocycles. The van der Waals surface area contributed by atoms with Gasteiger partial charge in [-0.15, -0.1) is 0 Å². The van der Waals surface area contributed by atoms with E-state index in [1.807, 2.05) is 28.8 Å². The fourth-order valence-corrected chi connectivity index (χ4v) is 4.08. The molecule has 0 aliphatic heterocycles. The standard InChI is InChI=1S/C28H29F6N3O2/c1-19(2)15-37(26(39)21-12-22(27(29,30)31)14-23(13-21)28(32,33)34)18-25(38)36(16-20-8-5-4-6-9-20)17-24-10-7-11-35(24)3/h4-14,19H,15-18H2,1-3H3. The molecule has 0 unspecified atom stereocenters. The molecule has 11 heteroatoms. The monoisotopic (exact) mass is 553 g/mol. The van der Waals surface area contributed by atoms with Gasteiger partial charge in [-0.05, 0) is 41.8 Å². The van der Waals surface area contributed by atoms with Gasteiger partial charge in [0.2, 0.25) is 5.91 Å². The van der Waals surface area contributed by atoms with Gasteiger partial charge in [0, 0.05) is 37.6 Å². The molecule has 2 aromatic carbocycles. The van der Waals surface area contributed by atoms with Crippen molar-refractivity contribution in [2.24, 2.45) is 13.0 Å². The van der Waals surface area contributed by atoms with Crippen LogP contribution in [0, 0.1) is 5.92 Å². The molecule has 39 heavy (non-hydrogen) atoms. The number of rotatable bonds is 9. The van der Waals surface area contributed by atoms with Gasteiger partial charge in [0.25, 0.3) is 5.91 Å². The molecule has 210 valence electrons. The van der Waals surface area contributed by atoms with Crippen molar-refractivity contribution in [1.29, 1.82) is 0 Å². The second-order valence-electron chi connectivity index (χ2n) is 9.72. The van der Waals surface area contributed by atoms with Crippen LogP contribution in [0.15, 0.2) is 66.9 Å². The molecule has 0 bridgehead atoms. The van der Waals surface area contributed by atoms with E-state index in [0.29, 0.717) is 12.1 Å². The van der Waals surface area contributed by atoms with E-state index in [-0.39, 0.29) is 31.6 Å². The maximum Gasteiger partial charge on any atom is 0.416 e. The van der Waals surface area contributed by atoms with Gasteiger partial charge < -0.3 is 14.4 Å². The molecule has 5 nitrogen and oxygen atoms in total. The van der Waals surface area contributed by atoms with Crippen molar-refractivity contribution in [3.05, 3.63) is 94.8 Å². The van der Waals surface area contributed by atoms with Crippen molar-refractivity contribution in [1.82, 2.24) is 14.4 Å². The summed E-state index contributed by atoms with van der Waals surface area (Å²) in [7, 11) is 1.81. The fourth-order valence-electron chi connectivity index (χ4n) is 4.08. The smallest absolute Gasteiger partial charge is 0.353 e. The van der Waals surface area contributed by atoms with E-state index in [1.54, 1.807) is 45.3 Å². The highest BCUT2D eigenvalue weighted by molar-refractivity contribution is 5.97. The van der Waals surface area contributed by atoms with E-state index in [4.69, 9.17) is 0 Å². The summed E-state index contributed by atoms with van der Waals surface area (Å²) in [6, 6.07) is 13.5. The maximum atomic E-state index is 13.5. The summed E-state index contributed by atoms with van der Waals surface area (Å²) < 4.78 is 82.2. The van der Waals surface area contributed by atoms with Gasteiger partial charge in [-0.25, -0.2) is 0 Å². The van der Waals surface area contributed by atoms with E-state index in [0.717, 1.165) is 16.2 Å². The number of alkyl halides is 6. The molecule has 2 amide bonds. The van der Waals surface area contributed by atoms with E-state index >= 15 is 0 Å². The third-order valence-corrected chi connectivity index (χ3v) is 6.01. The van der Waals surface area contributed by atoms with Gasteiger partial charge >= 0.3 is 12.4 Å². The highest BCUT2D eigenvalue weighted by Crippen LogP contribution is 2.36. The van der Waals surface area contributed by atoms with E-state index in [1.165, 1.54) is 4.90 Å². The number of amides is 2. The van der Waals surface area contributed by atoms with Crippen LogP contribution in [0.4, 0.5) is 26.3 Å². The van der Waals surface area contributed by atoms with Crippen LogP contribution in [0.5, 0.6) is 0 Å². The Morgan fingerprint density at radius 2 is 1.41 bits per heavy atom. The van der Waals surface area contributed by atoms with Crippen molar-refractivity contribution in [3.63, 3.8) is 0 Å². The van der Waals surface area contributed by atoms with Gasteiger partial charge in [-0.2, -0.15) is 26.3 Å². The van der Waals surface area contributed by atoms with Gasteiger partial charge in [0.1, 0.15) is 6.54 Å². The SMILES string of the molecule is CC(C)CN(CC(=O)N(Cc1ccccc1)Cc1cccn1C)C(=O)c1cc(C(F)(F)F)cc(C(F)(F)F)c1. The molecule has 0 fully saturated rings. The van der Waals surface area contributed by atoms with Crippen LogP contribution in [0.25, 0.3) is 0 Å².